The summed E-state index contributed by atoms with van der Waals surface area (Å²) in [4.78, 5) is 0. The summed E-state index contributed by atoms with van der Waals surface area (Å²) in [6.07, 6.45) is 4.94. The van der Waals surface area contributed by atoms with Crippen molar-refractivity contribution >= 4 is 11.4 Å². The minimum absolute atomic E-state index is 0.219. The van der Waals surface area contributed by atoms with Crippen LogP contribution in [0.4, 0.5) is 15.8 Å². The molecule has 0 spiro atoms. The quantitative estimate of drug-likeness (QED) is 0.556. The van der Waals surface area contributed by atoms with Crippen molar-refractivity contribution < 1.29 is 4.39 Å². The second-order valence-corrected chi connectivity index (χ2v) is 5.75. The van der Waals surface area contributed by atoms with Gasteiger partial charge in [-0.2, -0.15) is 0 Å². The van der Waals surface area contributed by atoms with Gasteiger partial charge in [0.05, 0.1) is 0 Å². The number of benzene rings is 1. The maximum absolute atomic E-state index is 13.2. The van der Waals surface area contributed by atoms with Crippen LogP contribution in [0.2, 0.25) is 0 Å². The first-order chi connectivity index (χ1) is 8.43. The van der Waals surface area contributed by atoms with E-state index in [0.29, 0.717) is 5.69 Å². The van der Waals surface area contributed by atoms with Gasteiger partial charge in [0.25, 0.3) is 0 Å². The van der Waals surface area contributed by atoms with Gasteiger partial charge in [-0.05, 0) is 30.0 Å². The lowest BCUT2D eigenvalue weighted by atomic mass is 9.87. The number of halogens is 1. The van der Waals surface area contributed by atoms with Crippen molar-refractivity contribution in [3.8, 4) is 0 Å². The summed E-state index contributed by atoms with van der Waals surface area (Å²) in [7, 11) is 0. The summed E-state index contributed by atoms with van der Waals surface area (Å²) in [5.41, 5.74) is 7.06. The van der Waals surface area contributed by atoms with Crippen LogP contribution in [0.3, 0.4) is 0 Å². The van der Waals surface area contributed by atoms with Gasteiger partial charge in [-0.1, -0.05) is 40.0 Å². The van der Waals surface area contributed by atoms with Gasteiger partial charge in [0.2, 0.25) is 0 Å². The first kappa shape index (κ1) is 14.8. The van der Waals surface area contributed by atoms with Crippen LogP contribution in [-0.4, -0.2) is 6.54 Å². The van der Waals surface area contributed by atoms with Gasteiger partial charge in [-0.15, -0.1) is 0 Å². The van der Waals surface area contributed by atoms with E-state index < -0.39 is 0 Å². The molecule has 3 heteroatoms. The maximum Gasteiger partial charge on any atom is 0.127 e. The Morgan fingerprint density at radius 1 is 1.22 bits per heavy atom. The molecule has 102 valence electrons. The summed E-state index contributed by atoms with van der Waals surface area (Å²) in [6.45, 7) is 7.51. The van der Waals surface area contributed by atoms with E-state index in [2.05, 4.69) is 26.1 Å². The molecule has 2 nitrogen and oxygen atoms in total. The van der Waals surface area contributed by atoms with Crippen molar-refractivity contribution in [2.24, 2.45) is 5.41 Å². The molecule has 1 rings (SSSR count). The van der Waals surface area contributed by atoms with E-state index in [9.17, 15) is 4.39 Å². The molecular weight excluding hydrogens is 227 g/mol. The zero-order chi connectivity index (χ0) is 13.6. The second kappa shape index (κ2) is 6.62. The molecule has 0 heterocycles. The molecule has 1 aromatic rings. The molecule has 0 aliphatic heterocycles. The molecule has 0 fully saturated rings. The molecule has 18 heavy (non-hydrogen) atoms. The standard InChI is InChI=1S/C15H25FN2/c1-4-5-6-7-15(2,3)11-18-14-9-12(16)8-13(17)10-14/h8-10,18H,4-7,11,17H2,1-3H3. The van der Waals surface area contributed by atoms with Crippen molar-refractivity contribution in [1.29, 1.82) is 0 Å². The van der Waals surface area contributed by atoms with Crippen LogP contribution >= 0.6 is 0 Å². The van der Waals surface area contributed by atoms with Crippen molar-refractivity contribution in [3.05, 3.63) is 24.0 Å². The number of unbranched alkanes of at least 4 members (excludes halogenated alkanes) is 2. The molecule has 0 unspecified atom stereocenters. The third-order valence-corrected chi connectivity index (χ3v) is 3.15. The molecule has 1 aromatic carbocycles. The Bertz CT molecular complexity index is 355. The number of hydrogen-bond acceptors (Lipinski definition) is 2. The van der Waals surface area contributed by atoms with Crippen molar-refractivity contribution in [1.82, 2.24) is 0 Å². The molecule has 0 atom stereocenters. The van der Waals surface area contributed by atoms with E-state index in [1.807, 2.05) is 0 Å². The summed E-state index contributed by atoms with van der Waals surface area (Å²) < 4.78 is 13.2. The number of nitrogens with one attached hydrogen (secondary N) is 1. The van der Waals surface area contributed by atoms with Gasteiger partial charge in [0, 0.05) is 17.9 Å². The van der Waals surface area contributed by atoms with Crippen LogP contribution < -0.4 is 11.1 Å². The summed E-state index contributed by atoms with van der Waals surface area (Å²) in [5.74, 6) is -0.290. The van der Waals surface area contributed by atoms with Crippen LogP contribution in [0.15, 0.2) is 18.2 Å². The maximum atomic E-state index is 13.2. The Kier molecular flexibility index (Phi) is 5.45. The highest BCUT2D eigenvalue weighted by molar-refractivity contribution is 5.54. The van der Waals surface area contributed by atoms with Gasteiger partial charge < -0.3 is 11.1 Å². The average molecular weight is 252 g/mol. The molecule has 0 bridgehead atoms. The van der Waals surface area contributed by atoms with Crippen LogP contribution in [0.25, 0.3) is 0 Å². The number of nitrogen functional groups attached to an aromatic ring is 1. The molecule has 0 aromatic heterocycles. The monoisotopic (exact) mass is 252 g/mol. The van der Waals surface area contributed by atoms with Crippen LogP contribution in [0.1, 0.15) is 46.5 Å². The van der Waals surface area contributed by atoms with Crippen LogP contribution in [-0.2, 0) is 0 Å². The van der Waals surface area contributed by atoms with Gasteiger partial charge in [-0.3, -0.25) is 0 Å². The second-order valence-electron chi connectivity index (χ2n) is 5.75. The highest BCUT2D eigenvalue weighted by Gasteiger charge is 2.17. The fourth-order valence-electron chi connectivity index (χ4n) is 2.00. The van der Waals surface area contributed by atoms with E-state index in [-0.39, 0.29) is 11.2 Å². The fourth-order valence-corrected chi connectivity index (χ4v) is 2.00. The van der Waals surface area contributed by atoms with Gasteiger partial charge in [0.1, 0.15) is 5.82 Å². The normalized spacial score (nSPS) is 11.6. The molecule has 3 N–H and O–H groups in total. The Morgan fingerprint density at radius 3 is 2.56 bits per heavy atom. The largest absolute Gasteiger partial charge is 0.399 e. The fraction of sp³-hybridized carbons (Fsp3) is 0.600. The summed E-state index contributed by atoms with van der Waals surface area (Å²) in [5, 5.41) is 3.27. The van der Waals surface area contributed by atoms with E-state index in [1.54, 1.807) is 6.07 Å². The molecule has 0 saturated carbocycles. The van der Waals surface area contributed by atoms with Gasteiger partial charge in [0.15, 0.2) is 0 Å². The third kappa shape index (κ3) is 5.39. The predicted octanol–water partition coefficient (Wildman–Crippen LogP) is 4.43. The molecule has 0 saturated heterocycles. The van der Waals surface area contributed by atoms with Crippen LogP contribution in [0.5, 0.6) is 0 Å². The lowest BCUT2D eigenvalue weighted by Crippen LogP contribution is -2.23. The minimum atomic E-state index is -0.290. The lowest BCUT2D eigenvalue weighted by Gasteiger charge is -2.25. The average Bonchev–Trinajstić information content (AvgIpc) is 2.25. The molecule has 0 amide bonds. The Labute approximate surface area is 110 Å². The minimum Gasteiger partial charge on any atom is -0.399 e. The van der Waals surface area contributed by atoms with E-state index >= 15 is 0 Å². The first-order valence-electron chi connectivity index (χ1n) is 6.73. The number of nitrogens with two attached hydrogens (primary N) is 1. The van der Waals surface area contributed by atoms with Crippen molar-refractivity contribution in [2.45, 2.75) is 46.5 Å². The van der Waals surface area contributed by atoms with E-state index in [4.69, 9.17) is 5.73 Å². The third-order valence-electron chi connectivity index (χ3n) is 3.15. The van der Waals surface area contributed by atoms with E-state index in [0.717, 1.165) is 12.2 Å². The first-order valence-corrected chi connectivity index (χ1v) is 6.73. The number of anilines is 2. The summed E-state index contributed by atoms with van der Waals surface area (Å²) in [6, 6.07) is 4.58. The molecule has 0 radical (unpaired) electrons. The van der Waals surface area contributed by atoms with Crippen LogP contribution in [0, 0.1) is 11.2 Å². The number of hydrogen-bond donors (Lipinski definition) is 2. The van der Waals surface area contributed by atoms with Crippen molar-refractivity contribution in [2.75, 3.05) is 17.6 Å². The smallest absolute Gasteiger partial charge is 0.127 e. The highest BCUT2D eigenvalue weighted by atomic mass is 19.1. The molecule has 0 aliphatic carbocycles. The SMILES string of the molecule is CCCCCC(C)(C)CNc1cc(N)cc(F)c1. The Hall–Kier alpha value is -1.25. The molecule has 0 aliphatic rings. The van der Waals surface area contributed by atoms with Gasteiger partial charge in [-0.25, -0.2) is 4.39 Å². The molecular formula is C15H25FN2. The lowest BCUT2D eigenvalue weighted by molar-refractivity contribution is 0.342. The van der Waals surface area contributed by atoms with E-state index in [1.165, 1.54) is 37.8 Å². The highest BCUT2D eigenvalue weighted by Crippen LogP contribution is 2.25. The predicted molar refractivity (Wildman–Crippen MR) is 77.2 cm³/mol. The van der Waals surface area contributed by atoms with Gasteiger partial charge >= 0.3 is 0 Å². The number of rotatable bonds is 7. The zero-order valence-corrected chi connectivity index (χ0v) is 11.7. The Balaban J connectivity index is 2.47. The summed E-state index contributed by atoms with van der Waals surface area (Å²) >= 11 is 0. The Morgan fingerprint density at radius 2 is 1.94 bits per heavy atom. The zero-order valence-electron chi connectivity index (χ0n) is 11.7. The topological polar surface area (TPSA) is 38.0 Å². The van der Waals surface area contributed by atoms with Crippen molar-refractivity contribution in [3.63, 3.8) is 0 Å².